The van der Waals surface area contributed by atoms with Crippen LogP contribution in [0.3, 0.4) is 0 Å². The number of nitrogens with zero attached hydrogens (tertiary/aromatic N) is 4. The molecule has 0 fully saturated rings. The summed E-state index contributed by atoms with van der Waals surface area (Å²) in [5.74, 6) is 0.574. The Labute approximate surface area is 195 Å². The first kappa shape index (κ1) is 22.2. The number of carbonyl (C=O) groups excluding carboxylic acids is 1. The van der Waals surface area contributed by atoms with E-state index in [0.717, 1.165) is 26.4 Å². The van der Waals surface area contributed by atoms with Crippen molar-refractivity contribution < 1.29 is 9.53 Å². The fourth-order valence-electron chi connectivity index (χ4n) is 2.87. The van der Waals surface area contributed by atoms with Crippen LogP contribution in [0.4, 0.5) is 5.13 Å². The molecule has 0 aliphatic carbocycles. The van der Waals surface area contributed by atoms with Gasteiger partial charge in [-0.1, -0.05) is 35.2 Å². The molecular formula is C20H20N6O3S3. The van der Waals surface area contributed by atoms with Crippen LogP contribution >= 0.6 is 34.4 Å². The summed E-state index contributed by atoms with van der Waals surface area (Å²) in [6.07, 6.45) is 1.34. The van der Waals surface area contributed by atoms with E-state index in [1.54, 1.807) is 7.11 Å². The first-order chi connectivity index (χ1) is 15.4. The Morgan fingerprint density at radius 3 is 2.72 bits per heavy atom. The van der Waals surface area contributed by atoms with E-state index in [2.05, 4.69) is 25.9 Å². The SMILES string of the molecule is COc1ccc(CNc2nnc(SCC(=O)Nn3cnc4sc(C)c(C)c4c3=O)s2)cc1. The number of aryl methyl sites for hydroxylation is 2. The standard InChI is InChI=1S/C20H20N6O3S3/c1-11-12(2)31-17-16(11)18(28)26(10-22-17)25-15(27)9-30-20-24-23-19(32-20)21-8-13-4-6-14(29-3)7-5-13/h4-7,10H,8-9H2,1-3H3,(H,21,23)(H,25,27). The molecule has 2 N–H and O–H groups in total. The van der Waals surface area contributed by atoms with Gasteiger partial charge in [0, 0.05) is 11.4 Å². The zero-order valence-corrected chi connectivity index (χ0v) is 20.0. The normalized spacial score (nSPS) is 11.0. The third kappa shape index (κ3) is 4.92. The van der Waals surface area contributed by atoms with E-state index in [1.165, 1.54) is 40.8 Å². The number of rotatable bonds is 8. The van der Waals surface area contributed by atoms with E-state index < -0.39 is 0 Å². The van der Waals surface area contributed by atoms with E-state index in [0.29, 0.717) is 26.2 Å². The molecule has 4 aromatic rings. The van der Waals surface area contributed by atoms with Crippen molar-refractivity contribution in [2.75, 3.05) is 23.6 Å². The van der Waals surface area contributed by atoms with Crippen molar-refractivity contribution in [2.24, 2.45) is 0 Å². The Balaban J connectivity index is 1.31. The predicted molar refractivity (Wildman–Crippen MR) is 129 cm³/mol. The van der Waals surface area contributed by atoms with Gasteiger partial charge in [-0.05, 0) is 37.1 Å². The summed E-state index contributed by atoms with van der Waals surface area (Å²) < 4.78 is 6.94. The van der Waals surface area contributed by atoms with Gasteiger partial charge in [-0.3, -0.25) is 15.0 Å². The largest absolute Gasteiger partial charge is 0.497 e. The number of amides is 1. The molecule has 166 valence electrons. The highest BCUT2D eigenvalue weighted by atomic mass is 32.2. The smallest absolute Gasteiger partial charge is 0.281 e. The maximum Gasteiger partial charge on any atom is 0.281 e. The summed E-state index contributed by atoms with van der Waals surface area (Å²) in [6.45, 7) is 4.43. The molecule has 9 nitrogen and oxygen atoms in total. The quantitative estimate of drug-likeness (QED) is 0.363. The molecule has 3 heterocycles. The van der Waals surface area contributed by atoms with Crippen LogP contribution in [-0.2, 0) is 11.3 Å². The number of thiophene rings is 1. The summed E-state index contributed by atoms with van der Waals surface area (Å²) in [7, 11) is 1.63. The van der Waals surface area contributed by atoms with Crippen LogP contribution in [0, 0.1) is 13.8 Å². The molecule has 0 atom stereocenters. The Hall–Kier alpha value is -2.96. The lowest BCUT2D eigenvalue weighted by molar-refractivity contribution is -0.114. The molecule has 1 amide bonds. The summed E-state index contributed by atoms with van der Waals surface area (Å²) >= 11 is 4.09. The van der Waals surface area contributed by atoms with Crippen molar-refractivity contribution in [1.29, 1.82) is 0 Å². The average Bonchev–Trinajstić information content (AvgIpc) is 3.37. The molecule has 0 unspecified atom stereocenters. The van der Waals surface area contributed by atoms with E-state index in [4.69, 9.17) is 4.74 Å². The third-order valence-electron chi connectivity index (χ3n) is 4.67. The number of ether oxygens (including phenoxy) is 1. The summed E-state index contributed by atoms with van der Waals surface area (Å²) in [5, 5.41) is 12.6. The van der Waals surface area contributed by atoms with Crippen LogP contribution in [-0.4, -0.2) is 38.6 Å². The molecular weight excluding hydrogens is 468 g/mol. The minimum Gasteiger partial charge on any atom is -0.497 e. The van der Waals surface area contributed by atoms with Gasteiger partial charge < -0.3 is 10.1 Å². The number of thioether (sulfide) groups is 1. The van der Waals surface area contributed by atoms with Crippen molar-refractivity contribution >= 4 is 55.7 Å². The molecule has 32 heavy (non-hydrogen) atoms. The first-order valence-corrected chi connectivity index (χ1v) is 12.2. The monoisotopic (exact) mass is 488 g/mol. The number of fused-ring (bicyclic) bond motifs is 1. The van der Waals surface area contributed by atoms with Gasteiger partial charge in [0.15, 0.2) is 4.34 Å². The summed E-state index contributed by atoms with van der Waals surface area (Å²) in [4.78, 5) is 31.0. The minimum absolute atomic E-state index is 0.0965. The number of hydrogen-bond acceptors (Lipinski definition) is 10. The zero-order chi connectivity index (χ0) is 22.7. The molecule has 4 rings (SSSR count). The fraction of sp³-hybridized carbons (Fsp3) is 0.250. The molecule has 0 bridgehead atoms. The van der Waals surface area contributed by atoms with Crippen LogP contribution in [0.25, 0.3) is 10.2 Å². The third-order valence-corrected chi connectivity index (χ3v) is 7.80. The Bertz CT molecular complexity index is 1310. The highest BCUT2D eigenvalue weighted by Gasteiger charge is 2.14. The van der Waals surface area contributed by atoms with Gasteiger partial charge in [0.05, 0.1) is 18.2 Å². The average molecular weight is 489 g/mol. The molecule has 12 heteroatoms. The van der Waals surface area contributed by atoms with Gasteiger partial charge in [-0.2, -0.15) is 0 Å². The molecule has 1 aromatic carbocycles. The van der Waals surface area contributed by atoms with Crippen molar-refractivity contribution in [3.05, 3.63) is 57.0 Å². The van der Waals surface area contributed by atoms with Gasteiger partial charge in [-0.15, -0.1) is 21.5 Å². The number of methoxy groups -OCH3 is 1. The number of anilines is 1. The molecule has 0 radical (unpaired) electrons. The Morgan fingerprint density at radius 2 is 1.97 bits per heavy atom. The first-order valence-electron chi connectivity index (χ1n) is 9.55. The Morgan fingerprint density at radius 1 is 1.19 bits per heavy atom. The zero-order valence-electron chi connectivity index (χ0n) is 17.5. The summed E-state index contributed by atoms with van der Waals surface area (Å²) in [5.41, 5.74) is 4.29. The second kappa shape index (κ2) is 9.67. The predicted octanol–water partition coefficient (Wildman–Crippen LogP) is 3.41. The highest BCUT2D eigenvalue weighted by Crippen LogP contribution is 2.26. The second-order valence-corrected chi connectivity index (χ2v) is 10.2. The topological polar surface area (TPSA) is 111 Å². The van der Waals surface area contributed by atoms with Gasteiger partial charge in [0.25, 0.3) is 5.56 Å². The van der Waals surface area contributed by atoms with Crippen molar-refractivity contribution in [1.82, 2.24) is 19.9 Å². The number of nitrogens with one attached hydrogen (secondary N) is 2. The van der Waals surface area contributed by atoms with Crippen molar-refractivity contribution in [2.45, 2.75) is 24.7 Å². The lowest BCUT2D eigenvalue weighted by atomic mass is 10.2. The van der Waals surface area contributed by atoms with Crippen LogP contribution in [0.1, 0.15) is 16.0 Å². The van der Waals surface area contributed by atoms with Crippen LogP contribution in [0.2, 0.25) is 0 Å². The van der Waals surface area contributed by atoms with Gasteiger partial charge in [0.1, 0.15) is 16.9 Å². The fourth-order valence-corrected chi connectivity index (χ4v) is 5.40. The minimum atomic E-state index is -0.328. The summed E-state index contributed by atoms with van der Waals surface area (Å²) in [6, 6.07) is 7.74. The van der Waals surface area contributed by atoms with Crippen LogP contribution in [0.5, 0.6) is 5.75 Å². The van der Waals surface area contributed by atoms with Gasteiger partial charge >= 0.3 is 0 Å². The van der Waals surface area contributed by atoms with Crippen molar-refractivity contribution in [3.63, 3.8) is 0 Å². The van der Waals surface area contributed by atoms with Gasteiger partial charge in [0.2, 0.25) is 11.0 Å². The molecule has 0 aliphatic rings. The number of carbonyl (C=O) groups is 1. The maximum atomic E-state index is 12.7. The van der Waals surface area contributed by atoms with E-state index >= 15 is 0 Å². The lowest BCUT2D eigenvalue weighted by Crippen LogP contribution is -2.34. The highest BCUT2D eigenvalue weighted by molar-refractivity contribution is 8.01. The maximum absolute atomic E-state index is 12.7. The molecule has 0 spiro atoms. The molecule has 0 saturated heterocycles. The second-order valence-electron chi connectivity index (χ2n) is 6.78. The van der Waals surface area contributed by atoms with Crippen LogP contribution < -0.4 is 21.0 Å². The van der Waals surface area contributed by atoms with E-state index in [1.807, 2.05) is 38.1 Å². The Kier molecular flexibility index (Phi) is 6.72. The molecule has 0 aliphatic heterocycles. The van der Waals surface area contributed by atoms with E-state index in [9.17, 15) is 9.59 Å². The molecule has 3 aromatic heterocycles. The number of benzene rings is 1. The van der Waals surface area contributed by atoms with Gasteiger partial charge in [-0.25, -0.2) is 9.66 Å². The van der Waals surface area contributed by atoms with E-state index in [-0.39, 0.29) is 17.2 Å². The van der Waals surface area contributed by atoms with Crippen molar-refractivity contribution in [3.8, 4) is 5.75 Å². The molecule has 0 saturated carbocycles. The number of aromatic nitrogens is 4. The number of hydrogen-bond donors (Lipinski definition) is 2. The lowest BCUT2D eigenvalue weighted by Gasteiger charge is -2.06. The van der Waals surface area contributed by atoms with Crippen LogP contribution in [0.15, 0.2) is 39.7 Å².